The first-order valence-electron chi connectivity index (χ1n) is 8.36. The summed E-state index contributed by atoms with van der Waals surface area (Å²) in [5.74, 6) is 1.53. The van der Waals surface area contributed by atoms with E-state index < -0.39 is 5.54 Å². The van der Waals surface area contributed by atoms with Crippen LogP contribution in [-0.2, 0) is 5.54 Å². The highest BCUT2D eigenvalue weighted by atomic mass is 19.1. The molecule has 1 saturated heterocycles. The van der Waals surface area contributed by atoms with Gasteiger partial charge < -0.3 is 15.8 Å². The molecule has 5 heteroatoms. The van der Waals surface area contributed by atoms with E-state index in [2.05, 4.69) is 10.3 Å². The number of piperidine rings is 1. The lowest BCUT2D eigenvalue weighted by molar-refractivity contribution is 0.251. The van der Waals surface area contributed by atoms with E-state index in [0.717, 1.165) is 29.9 Å². The fourth-order valence-electron chi connectivity index (χ4n) is 3.38. The van der Waals surface area contributed by atoms with Crippen molar-refractivity contribution in [2.24, 2.45) is 17.6 Å². The summed E-state index contributed by atoms with van der Waals surface area (Å²) in [6.45, 7) is 5.94. The maximum Gasteiger partial charge on any atom is 0.214 e. The Bertz CT molecular complexity index is 744. The molecular weight excluding hydrogens is 305 g/mol. The van der Waals surface area contributed by atoms with Gasteiger partial charge in [-0.05, 0) is 49.7 Å². The summed E-state index contributed by atoms with van der Waals surface area (Å²) in [6.07, 6.45) is 0.246. The van der Waals surface area contributed by atoms with Crippen molar-refractivity contribution in [1.82, 2.24) is 10.3 Å². The van der Waals surface area contributed by atoms with Gasteiger partial charge in [0.15, 0.2) is 0 Å². The Balaban J connectivity index is 1.67. The summed E-state index contributed by atoms with van der Waals surface area (Å²) < 4.78 is 19.3. The minimum absolute atomic E-state index is 0.246. The number of nitrogens with two attached hydrogens (primary N) is 1. The second-order valence-electron chi connectivity index (χ2n) is 7.38. The zero-order chi connectivity index (χ0) is 16.9. The predicted molar refractivity (Wildman–Crippen MR) is 91.1 cm³/mol. The molecule has 1 aromatic heterocycles. The van der Waals surface area contributed by atoms with Gasteiger partial charge in [-0.25, -0.2) is 9.37 Å². The molecule has 0 bridgehead atoms. The lowest BCUT2D eigenvalue weighted by atomic mass is 9.95. The van der Waals surface area contributed by atoms with Crippen molar-refractivity contribution >= 4 is 0 Å². The van der Waals surface area contributed by atoms with Crippen LogP contribution in [0.3, 0.4) is 0 Å². The molecule has 4 rings (SSSR count). The molecule has 3 atom stereocenters. The Labute approximate surface area is 141 Å². The molecule has 2 aliphatic rings. The second kappa shape index (κ2) is 5.53. The van der Waals surface area contributed by atoms with Gasteiger partial charge in [0.25, 0.3) is 0 Å². The first-order chi connectivity index (χ1) is 11.4. The molecule has 0 amide bonds. The molecule has 2 heterocycles. The van der Waals surface area contributed by atoms with Gasteiger partial charge in [0.1, 0.15) is 11.9 Å². The lowest BCUT2D eigenvalue weighted by Gasteiger charge is -2.21. The van der Waals surface area contributed by atoms with Gasteiger partial charge >= 0.3 is 0 Å². The summed E-state index contributed by atoms with van der Waals surface area (Å²) >= 11 is 0. The van der Waals surface area contributed by atoms with Gasteiger partial charge in [0, 0.05) is 42.1 Å². The van der Waals surface area contributed by atoms with Crippen LogP contribution in [0.4, 0.5) is 4.39 Å². The first kappa shape index (κ1) is 15.5. The van der Waals surface area contributed by atoms with Crippen molar-refractivity contribution in [1.29, 1.82) is 0 Å². The van der Waals surface area contributed by atoms with E-state index in [4.69, 9.17) is 10.5 Å². The lowest BCUT2D eigenvalue weighted by Crippen LogP contribution is -2.29. The molecule has 4 nitrogen and oxygen atoms in total. The van der Waals surface area contributed by atoms with Crippen molar-refractivity contribution in [2.45, 2.75) is 25.5 Å². The van der Waals surface area contributed by atoms with Crippen molar-refractivity contribution in [3.8, 4) is 17.1 Å². The third-order valence-electron chi connectivity index (χ3n) is 4.96. The van der Waals surface area contributed by atoms with Crippen molar-refractivity contribution in [3.05, 3.63) is 47.8 Å². The SMILES string of the molecule is CC(C)(N)c1cc(O[C@@H]2[C@@H]3CNC[C@@H]32)nc(-c2ccc(F)cc2)c1. The Kier molecular flexibility index (Phi) is 3.58. The van der Waals surface area contributed by atoms with E-state index in [-0.39, 0.29) is 11.9 Å². The van der Waals surface area contributed by atoms with Gasteiger partial charge in [-0.3, -0.25) is 0 Å². The summed E-state index contributed by atoms with van der Waals surface area (Å²) in [4.78, 5) is 4.63. The molecule has 0 radical (unpaired) electrons. The quantitative estimate of drug-likeness (QED) is 0.906. The first-order valence-corrected chi connectivity index (χ1v) is 8.36. The maximum atomic E-state index is 13.2. The van der Waals surface area contributed by atoms with E-state index in [1.807, 2.05) is 26.0 Å². The Morgan fingerprint density at radius 3 is 2.46 bits per heavy atom. The van der Waals surface area contributed by atoms with Crippen molar-refractivity contribution in [3.63, 3.8) is 0 Å². The number of aromatic nitrogens is 1. The van der Waals surface area contributed by atoms with Crippen LogP contribution in [0.5, 0.6) is 5.88 Å². The average Bonchev–Trinajstić information content (AvgIpc) is 2.95. The highest BCUT2D eigenvalue weighted by Gasteiger charge is 2.55. The zero-order valence-corrected chi connectivity index (χ0v) is 13.9. The molecule has 24 heavy (non-hydrogen) atoms. The number of ether oxygens (including phenoxy) is 1. The molecule has 2 fully saturated rings. The molecule has 2 aromatic rings. The molecule has 126 valence electrons. The summed E-state index contributed by atoms with van der Waals surface area (Å²) in [7, 11) is 0. The number of nitrogens with one attached hydrogen (secondary N) is 1. The summed E-state index contributed by atoms with van der Waals surface area (Å²) in [5.41, 5.74) is 8.34. The number of rotatable bonds is 4. The molecule has 3 N–H and O–H groups in total. The molecular formula is C19H22FN3O. The van der Waals surface area contributed by atoms with Crippen LogP contribution >= 0.6 is 0 Å². The third-order valence-corrected chi connectivity index (χ3v) is 4.96. The monoisotopic (exact) mass is 327 g/mol. The van der Waals surface area contributed by atoms with Gasteiger partial charge in [-0.1, -0.05) is 0 Å². The van der Waals surface area contributed by atoms with E-state index in [1.165, 1.54) is 12.1 Å². The number of halogens is 1. The van der Waals surface area contributed by atoms with Crippen LogP contribution in [0.2, 0.25) is 0 Å². The van der Waals surface area contributed by atoms with E-state index in [1.54, 1.807) is 12.1 Å². The van der Waals surface area contributed by atoms with Crippen LogP contribution in [0, 0.1) is 17.7 Å². The van der Waals surface area contributed by atoms with Crippen LogP contribution in [0.15, 0.2) is 36.4 Å². The molecule has 1 aliphatic heterocycles. The third kappa shape index (κ3) is 2.89. The highest BCUT2D eigenvalue weighted by molar-refractivity contribution is 5.61. The fourth-order valence-corrected chi connectivity index (χ4v) is 3.38. The predicted octanol–water partition coefficient (Wildman–Crippen LogP) is 2.68. The number of hydrogen-bond donors (Lipinski definition) is 2. The fraction of sp³-hybridized carbons (Fsp3) is 0.421. The number of benzene rings is 1. The van der Waals surface area contributed by atoms with Gasteiger partial charge in [0.05, 0.1) is 5.69 Å². The maximum absolute atomic E-state index is 13.2. The van der Waals surface area contributed by atoms with E-state index >= 15 is 0 Å². The van der Waals surface area contributed by atoms with Gasteiger partial charge in [-0.2, -0.15) is 0 Å². The minimum atomic E-state index is -0.503. The normalized spacial score (nSPS) is 25.4. The molecule has 1 aromatic carbocycles. The van der Waals surface area contributed by atoms with E-state index in [0.29, 0.717) is 17.7 Å². The summed E-state index contributed by atoms with van der Waals surface area (Å²) in [6, 6.07) is 10.2. The number of hydrogen-bond acceptors (Lipinski definition) is 4. The number of fused-ring (bicyclic) bond motifs is 1. The Morgan fingerprint density at radius 2 is 1.83 bits per heavy atom. The molecule has 1 aliphatic carbocycles. The van der Waals surface area contributed by atoms with Crippen molar-refractivity contribution in [2.75, 3.05) is 13.1 Å². The standard InChI is InChI=1S/C19H22FN3O/c1-19(2,21)12-7-16(11-3-5-13(20)6-4-11)23-17(8-12)24-18-14-9-22-10-15(14)18/h3-8,14-15,18,22H,9-10,21H2,1-2H3/t14-,15+,18-. The number of nitrogens with zero attached hydrogens (tertiary/aromatic N) is 1. The molecule has 1 saturated carbocycles. The second-order valence-corrected chi connectivity index (χ2v) is 7.38. The molecule has 0 spiro atoms. The Hall–Kier alpha value is -1.98. The van der Waals surface area contributed by atoms with Gasteiger partial charge in [-0.15, -0.1) is 0 Å². The largest absolute Gasteiger partial charge is 0.474 e. The molecule has 0 unspecified atom stereocenters. The number of pyridine rings is 1. The average molecular weight is 327 g/mol. The van der Waals surface area contributed by atoms with Gasteiger partial charge in [0.2, 0.25) is 5.88 Å². The van der Waals surface area contributed by atoms with Crippen LogP contribution in [0.25, 0.3) is 11.3 Å². The van der Waals surface area contributed by atoms with Crippen LogP contribution in [-0.4, -0.2) is 24.2 Å². The van der Waals surface area contributed by atoms with Crippen LogP contribution in [0.1, 0.15) is 19.4 Å². The summed E-state index contributed by atoms with van der Waals surface area (Å²) in [5, 5.41) is 3.36. The van der Waals surface area contributed by atoms with Crippen molar-refractivity contribution < 1.29 is 9.13 Å². The Morgan fingerprint density at radius 1 is 1.17 bits per heavy atom. The topological polar surface area (TPSA) is 60.2 Å². The van der Waals surface area contributed by atoms with Crippen LogP contribution < -0.4 is 15.8 Å². The highest BCUT2D eigenvalue weighted by Crippen LogP contribution is 2.44. The minimum Gasteiger partial charge on any atom is -0.474 e. The smallest absolute Gasteiger partial charge is 0.214 e. The van der Waals surface area contributed by atoms with E-state index in [9.17, 15) is 4.39 Å². The zero-order valence-electron chi connectivity index (χ0n) is 13.9.